The molecule has 1 amide bonds. The molecule has 148 valence electrons. The number of nitrogen functional groups attached to an aromatic ring is 1. The van der Waals surface area contributed by atoms with Gasteiger partial charge < -0.3 is 20.4 Å². The van der Waals surface area contributed by atoms with E-state index in [4.69, 9.17) is 5.73 Å². The summed E-state index contributed by atoms with van der Waals surface area (Å²) < 4.78 is 2.11. The van der Waals surface area contributed by atoms with Crippen LogP contribution in [0.3, 0.4) is 0 Å². The largest absolute Gasteiger partial charge is 0.383 e. The predicted octanol–water partition coefficient (Wildman–Crippen LogP) is 2.07. The SMILES string of the molecule is BN1CCC(c2c(-c3ccc(NC(=O)C=C)cc3)n(C)c3ncnc(N)c23)CC1. The van der Waals surface area contributed by atoms with Crippen molar-refractivity contribution in [2.45, 2.75) is 18.8 Å². The second-order valence-electron chi connectivity index (χ2n) is 7.63. The molecule has 2 aromatic heterocycles. The van der Waals surface area contributed by atoms with Crippen molar-refractivity contribution in [1.29, 1.82) is 0 Å². The van der Waals surface area contributed by atoms with Crippen LogP contribution in [0.5, 0.6) is 0 Å². The van der Waals surface area contributed by atoms with E-state index >= 15 is 0 Å². The van der Waals surface area contributed by atoms with E-state index in [2.05, 4.69) is 39.2 Å². The maximum atomic E-state index is 11.6. The fourth-order valence-corrected chi connectivity index (χ4v) is 4.26. The van der Waals surface area contributed by atoms with Crippen LogP contribution in [-0.2, 0) is 11.8 Å². The zero-order valence-electron chi connectivity index (χ0n) is 16.9. The molecule has 0 aliphatic carbocycles. The van der Waals surface area contributed by atoms with Crippen LogP contribution in [0.15, 0.2) is 43.2 Å². The fourth-order valence-electron chi connectivity index (χ4n) is 4.26. The first-order chi connectivity index (χ1) is 14.0. The molecule has 0 saturated carbocycles. The second kappa shape index (κ2) is 7.71. The molecule has 0 radical (unpaired) electrons. The van der Waals surface area contributed by atoms with Gasteiger partial charge in [0, 0.05) is 12.7 Å². The van der Waals surface area contributed by atoms with Crippen molar-refractivity contribution in [3.05, 3.63) is 48.8 Å². The molecule has 0 atom stereocenters. The van der Waals surface area contributed by atoms with Gasteiger partial charge in [-0.3, -0.25) is 4.79 Å². The summed E-state index contributed by atoms with van der Waals surface area (Å²) in [5, 5.41) is 3.75. The number of nitrogens with zero attached hydrogens (tertiary/aromatic N) is 4. The predicted molar refractivity (Wildman–Crippen MR) is 119 cm³/mol. The number of aryl methyl sites for hydroxylation is 1. The maximum Gasteiger partial charge on any atom is 0.247 e. The van der Waals surface area contributed by atoms with Gasteiger partial charge in [-0.2, -0.15) is 0 Å². The molecule has 29 heavy (non-hydrogen) atoms. The third-order valence-electron chi connectivity index (χ3n) is 5.77. The molecule has 0 unspecified atom stereocenters. The van der Waals surface area contributed by atoms with E-state index in [0.717, 1.165) is 53.9 Å². The summed E-state index contributed by atoms with van der Waals surface area (Å²) in [5.41, 5.74) is 11.3. The Labute approximate surface area is 171 Å². The van der Waals surface area contributed by atoms with Crippen LogP contribution in [0, 0.1) is 0 Å². The van der Waals surface area contributed by atoms with Crippen LogP contribution < -0.4 is 11.1 Å². The van der Waals surface area contributed by atoms with Crippen molar-refractivity contribution in [2.75, 3.05) is 24.1 Å². The number of nitrogens with one attached hydrogen (secondary N) is 1. The minimum Gasteiger partial charge on any atom is -0.383 e. The number of carbonyl (C=O) groups excluding carboxylic acids is 1. The molecule has 3 N–H and O–H groups in total. The number of hydrogen-bond acceptors (Lipinski definition) is 5. The summed E-state index contributed by atoms with van der Waals surface area (Å²) in [6.07, 6.45) is 4.93. The van der Waals surface area contributed by atoms with Gasteiger partial charge in [-0.25, -0.2) is 9.97 Å². The van der Waals surface area contributed by atoms with Gasteiger partial charge in [-0.05, 0) is 61.2 Å². The lowest BCUT2D eigenvalue weighted by Gasteiger charge is -2.30. The minimum atomic E-state index is -0.225. The van der Waals surface area contributed by atoms with Crippen LogP contribution in [-0.4, -0.2) is 46.3 Å². The van der Waals surface area contributed by atoms with Crippen molar-refractivity contribution in [1.82, 2.24) is 19.3 Å². The topological polar surface area (TPSA) is 89.1 Å². The Balaban J connectivity index is 1.84. The first kappa shape index (κ1) is 19.2. The highest BCUT2D eigenvalue weighted by Crippen LogP contribution is 2.42. The number of fused-ring (bicyclic) bond motifs is 1. The second-order valence-corrected chi connectivity index (χ2v) is 7.63. The molecule has 8 heteroatoms. The first-order valence-corrected chi connectivity index (χ1v) is 9.80. The first-order valence-electron chi connectivity index (χ1n) is 9.80. The monoisotopic (exact) mass is 388 g/mol. The number of hydrogen-bond donors (Lipinski definition) is 2. The molecule has 1 saturated heterocycles. The van der Waals surface area contributed by atoms with Crippen molar-refractivity contribution in [2.24, 2.45) is 7.05 Å². The molecule has 3 heterocycles. The van der Waals surface area contributed by atoms with Crippen LogP contribution in [0.25, 0.3) is 22.3 Å². The lowest BCUT2D eigenvalue weighted by atomic mass is 9.85. The molecule has 1 fully saturated rings. The minimum absolute atomic E-state index is 0.225. The van der Waals surface area contributed by atoms with Gasteiger partial charge in [0.1, 0.15) is 17.8 Å². The average molecular weight is 388 g/mol. The van der Waals surface area contributed by atoms with Crippen LogP contribution in [0.1, 0.15) is 24.3 Å². The summed E-state index contributed by atoms with van der Waals surface area (Å²) in [4.78, 5) is 22.7. The van der Waals surface area contributed by atoms with E-state index in [9.17, 15) is 4.79 Å². The summed E-state index contributed by atoms with van der Waals surface area (Å²) in [6, 6.07) is 7.85. The summed E-state index contributed by atoms with van der Waals surface area (Å²) in [7, 11) is 4.18. The van der Waals surface area contributed by atoms with Crippen molar-refractivity contribution < 1.29 is 4.79 Å². The Bertz CT molecular complexity index is 1070. The van der Waals surface area contributed by atoms with Gasteiger partial charge in [0.2, 0.25) is 5.91 Å². The van der Waals surface area contributed by atoms with Gasteiger partial charge in [0.05, 0.1) is 11.1 Å². The lowest BCUT2D eigenvalue weighted by molar-refractivity contribution is -0.111. The van der Waals surface area contributed by atoms with E-state index in [-0.39, 0.29) is 5.91 Å². The van der Waals surface area contributed by atoms with Gasteiger partial charge in [0.25, 0.3) is 0 Å². The molecule has 0 bridgehead atoms. The molecule has 1 aromatic carbocycles. The van der Waals surface area contributed by atoms with E-state index < -0.39 is 0 Å². The Kier molecular flexibility index (Phi) is 5.11. The molecule has 0 spiro atoms. The van der Waals surface area contributed by atoms with Crippen LogP contribution >= 0.6 is 0 Å². The highest BCUT2D eigenvalue weighted by molar-refractivity contribution is 6.04. The zero-order valence-corrected chi connectivity index (χ0v) is 16.9. The van der Waals surface area contributed by atoms with Gasteiger partial charge >= 0.3 is 0 Å². The summed E-state index contributed by atoms with van der Waals surface area (Å²) in [6.45, 7) is 5.60. The van der Waals surface area contributed by atoms with E-state index in [1.807, 2.05) is 31.3 Å². The summed E-state index contributed by atoms with van der Waals surface area (Å²) >= 11 is 0. The normalized spacial score (nSPS) is 15.5. The number of nitrogens with two attached hydrogens (primary N) is 1. The third-order valence-corrected chi connectivity index (χ3v) is 5.77. The molecule has 7 nitrogen and oxygen atoms in total. The zero-order chi connectivity index (χ0) is 20.5. The molecular formula is C21H25BN6O. The quantitative estimate of drug-likeness (QED) is 0.528. The summed E-state index contributed by atoms with van der Waals surface area (Å²) in [5.74, 6) is 0.705. The fraction of sp³-hybridized carbons (Fsp3) is 0.286. The van der Waals surface area contributed by atoms with Crippen LogP contribution in [0.2, 0.25) is 0 Å². The molecule has 1 aliphatic rings. The number of carbonyl (C=O) groups is 1. The van der Waals surface area contributed by atoms with E-state index in [0.29, 0.717) is 11.7 Å². The molecular weight excluding hydrogens is 363 g/mol. The van der Waals surface area contributed by atoms with Gasteiger partial charge in [-0.15, -0.1) is 0 Å². The third kappa shape index (κ3) is 3.51. The number of aromatic nitrogens is 3. The van der Waals surface area contributed by atoms with Crippen molar-refractivity contribution in [3.63, 3.8) is 0 Å². The number of rotatable bonds is 4. The standard InChI is InChI=1S/C21H25BN6O/c1-3-16(29)26-15-6-4-14(5-7-15)19-17(13-8-10-28(22)11-9-13)18-20(23)24-12-25-21(18)27(19)2/h3-7,12-13H,1,8-11,22H2,2H3,(H,26,29)(H2,23,24,25). The van der Waals surface area contributed by atoms with Gasteiger partial charge in [-0.1, -0.05) is 18.7 Å². The Morgan fingerprint density at radius 2 is 1.97 bits per heavy atom. The van der Waals surface area contributed by atoms with Gasteiger partial charge in [0.15, 0.2) is 7.98 Å². The Morgan fingerprint density at radius 1 is 1.28 bits per heavy atom. The molecule has 1 aliphatic heterocycles. The molecule has 3 aromatic rings. The van der Waals surface area contributed by atoms with Crippen LogP contribution in [0.4, 0.5) is 11.5 Å². The number of amides is 1. The number of anilines is 2. The number of benzene rings is 1. The Morgan fingerprint density at radius 3 is 2.62 bits per heavy atom. The Hall–Kier alpha value is -3.13. The maximum absolute atomic E-state index is 11.6. The highest BCUT2D eigenvalue weighted by Gasteiger charge is 2.28. The van der Waals surface area contributed by atoms with E-state index in [1.165, 1.54) is 18.0 Å². The highest BCUT2D eigenvalue weighted by atomic mass is 16.1. The van der Waals surface area contributed by atoms with Crippen molar-refractivity contribution in [3.8, 4) is 11.3 Å². The lowest BCUT2D eigenvalue weighted by Crippen LogP contribution is -2.30. The van der Waals surface area contributed by atoms with E-state index in [1.54, 1.807) is 0 Å². The smallest absolute Gasteiger partial charge is 0.247 e. The average Bonchev–Trinajstić information content (AvgIpc) is 3.03. The van der Waals surface area contributed by atoms with Crippen molar-refractivity contribution >= 4 is 36.4 Å². The molecule has 4 rings (SSSR count). The number of piperidine rings is 1.